The summed E-state index contributed by atoms with van der Waals surface area (Å²) < 4.78 is 4.41. The number of carbonyl (C=O) groups is 2. The van der Waals surface area contributed by atoms with E-state index >= 15 is 0 Å². The van der Waals surface area contributed by atoms with Gasteiger partial charge in [-0.15, -0.1) is 0 Å². The van der Waals surface area contributed by atoms with Crippen molar-refractivity contribution in [1.82, 2.24) is 5.32 Å². The van der Waals surface area contributed by atoms with Gasteiger partial charge in [0, 0.05) is 0 Å². The van der Waals surface area contributed by atoms with Crippen molar-refractivity contribution in [3.05, 3.63) is 0 Å². The maximum Gasteiger partial charge on any atom is 0.317 e. The molecule has 1 aliphatic heterocycles. The third-order valence-electron chi connectivity index (χ3n) is 1.94. The molecule has 0 aliphatic carbocycles. The monoisotopic (exact) mass is 171 g/mol. The summed E-state index contributed by atoms with van der Waals surface area (Å²) in [4.78, 5) is 21.6. The summed E-state index contributed by atoms with van der Waals surface area (Å²) in [6.45, 7) is 0.873. The van der Waals surface area contributed by atoms with Gasteiger partial charge in [0.05, 0.1) is 12.3 Å². The highest BCUT2D eigenvalue weighted by molar-refractivity contribution is 5.94. The topological polar surface area (TPSA) is 55.4 Å². The van der Waals surface area contributed by atoms with E-state index in [1.54, 1.807) is 0 Å². The molecule has 0 radical (unpaired) electrons. The van der Waals surface area contributed by atoms with Crippen molar-refractivity contribution < 1.29 is 14.3 Å². The second-order valence-corrected chi connectivity index (χ2v) is 2.94. The van der Waals surface area contributed by atoms with Gasteiger partial charge in [0.1, 0.15) is 0 Å². The number of cyclic esters (lactones) is 2. The van der Waals surface area contributed by atoms with Gasteiger partial charge in [-0.2, -0.15) is 0 Å². The minimum atomic E-state index is -0.380. The van der Waals surface area contributed by atoms with Crippen molar-refractivity contribution in [3.8, 4) is 0 Å². The zero-order valence-electron chi connectivity index (χ0n) is 7.13. The quantitative estimate of drug-likeness (QED) is 0.369. The Morgan fingerprint density at radius 2 is 2.33 bits per heavy atom. The first-order valence-electron chi connectivity index (χ1n) is 4.13. The lowest BCUT2D eigenvalue weighted by Crippen LogP contribution is -2.12. The molecule has 1 aliphatic rings. The van der Waals surface area contributed by atoms with Crippen molar-refractivity contribution in [2.24, 2.45) is 5.92 Å². The Hall–Kier alpha value is -0.900. The van der Waals surface area contributed by atoms with Crippen LogP contribution in [0.25, 0.3) is 0 Å². The molecule has 4 heteroatoms. The predicted molar refractivity (Wildman–Crippen MR) is 42.4 cm³/mol. The fourth-order valence-electron chi connectivity index (χ4n) is 1.27. The molecule has 68 valence electrons. The molecular formula is C8H13NO3. The third kappa shape index (κ3) is 2.30. The van der Waals surface area contributed by atoms with E-state index in [1.807, 2.05) is 7.05 Å². The zero-order valence-corrected chi connectivity index (χ0v) is 7.13. The van der Waals surface area contributed by atoms with Crippen molar-refractivity contribution in [3.63, 3.8) is 0 Å². The highest BCUT2D eigenvalue weighted by atomic mass is 16.6. The van der Waals surface area contributed by atoms with Crippen LogP contribution >= 0.6 is 0 Å². The number of nitrogens with one attached hydrogen (secondary N) is 1. The summed E-state index contributed by atoms with van der Waals surface area (Å²) in [5, 5.41) is 2.98. The summed E-state index contributed by atoms with van der Waals surface area (Å²) in [6.07, 6.45) is 1.91. The van der Waals surface area contributed by atoms with E-state index in [2.05, 4.69) is 10.1 Å². The van der Waals surface area contributed by atoms with E-state index in [-0.39, 0.29) is 24.3 Å². The van der Waals surface area contributed by atoms with E-state index in [0.29, 0.717) is 0 Å². The molecule has 0 aromatic heterocycles. The van der Waals surface area contributed by atoms with Gasteiger partial charge in [-0.25, -0.2) is 0 Å². The molecular weight excluding hydrogens is 158 g/mol. The van der Waals surface area contributed by atoms with Crippen LogP contribution in [0.2, 0.25) is 0 Å². The van der Waals surface area contributed by atoms with Crippen molar-refractivity contribution in [1.29, 1.82) is 0 Å². The Morgan fingerprint density at radius 3 is 2.83 bits per heavy atom. The van der Waals surface area contributed by atoms with Gasteiger partial charge in [-0.05, 0) is 26.4 Å². The van der Waals surface area contributed by atoms with Crippen LogP contribution in [0.4, 0.5) is 0 Å². The first-order valence-corrected chi connectivity index (χ1v) is 4.13. The molecule has 12 heavy (non-hydrogen) atoms. The molecule has 1 N–H and O–H groups in total. The first kappa shape index (κ1) is 9.19. The van der Waals surface area contributed by atoms with E-state index in [0.717, 1.165) is 19.4 Å². The van der Waals surface area contributed by atoms with Gasteiger partial charge in [-0.1, -0.05) is 0 Å². The fourth-order valence-corrected chi connectivity index (χ4v) is 1.27. The summed E-state index contributed by atoms with van der Waals surface area (Å²) in [5.41, 5.74) is 0. The average molecular weight is 171 g/mol. The Kier molecular flexibility index (Phi) is 3.22. The van der Waals surface area contributed by atoms with Crippen LogP contribution in [0, 0.1) is 5.92 Å². The maximum absolute atomic E-state index is 10.9. The van der Waals surface area contributed by atoms with Gasteiger partial charge in [0.15, 0.2) is 0 Å². The number of esters is 2. The Balaban J connectivity index is 2.24. The van der Waals surface area contributed by atoms with Gasteiger partial charge in [-0.3, -0.25) is 9.59 Å². The van der Waals surface area contributed by atoms with Crippen LogP contribution in [0.15, 0.2) is 0 Å². The van der Waals surface area contributed by atoms with E-state index < -0.39 is 0 Å². The van der Waals surface area contributed by atoms with Crippen molar-refractivity contribution in [2.45, 2.75) is 19.3 Å². The minimum Gasteiger partial charge on any atom is -0.393 e. The second-order valence-electron chi connectivity index (χ2n) is 2.94. The Labute approximate surface area is 71.3 Å². The highest BCUT2D eigenvalue weighted by Gasteiger charge is 2.32. The van der Waals surface area contributed by atoms with Gasteiger partial charge < -0.3 is 10.1 Å². The number of ether oxygens (including phenoxy) is 1. The molecule has 4 nitrogen and oxygen atoms in total. The van der Waals surface area contributed by atoms with Gasteiger partial charge in [0.2, 0.25) is 0 Å². The fraction of sp³-hybridized carbons (Fsp3) is 0.750. The van der Waals surface area contributed by atoms with Crippen LogP contribution in [-0.4, -0.2) is 25.5 Å². The summed E-state index contributed by atoms with van der Waals surface area (Å²) in [7, 11) is 1.86. The average Bonchev–Trinajstić information content (AvgIpc) is 2.31. The number of carbonyl (C=O) groups excluding carboxylic acids is 2. The van der Waals surface area contributed by atoms with Crippen LogP contribution in [0.3, 0.4) is 0 Å². The summed E-state index contributed by atoms with van der Waals surface area (Å²) >= 11 is 0. The summed E-state index contributed by atoms with van der Waals surface area (Å²) in [5.74, 6) is -0.920. The molecule has 0 amide bonds. The molecule has 0 unspecified atom stereocenters. The summed E-state index contributed by atoms with van der Waals surface area (Å²) in [6, 6.07) is 0. The SMILES string of the molecule is CNCCC[C@@H]1CC(=O)OC1=O. The van der Waals surface area contributed by atoms with Crippen LogP contribution < -0.4 is 5.32 Å². The van der Waals surface area contributed by atoms with Crippen molar-refractivity contribution in [2.75, 3.05) is 13.6 Å². The number of rotatable bonds is 4. The van der Waals surface area contributed by atoms with Crippen molar-refractivity contribution >= 4 is 11.9 Å². The van der Waals surface area contributed by atoms with E-state index in [1.165, 1.54) is 0 Å². The largest absolute Gasteiger partial charge is 0.393 e. The molecule has 1 atom stereocenters. The molecule has 0 spiro atoms. The molecule has 1 saturated heterocycles. The highest BCUT2D eigenvalue weighted by Crippen LogP contribution is 2.20. The molecule has 0 aromatic carbocycles. The lowest BCUT2D eigenvalue weighted by atomic mass is 10.0. The minimum absolute atomic E-state index is 0.189. The maximum atomic E-state index is 10.9. The van der Waals surface area contributed by atoms with Gasteiger partial charge >= 0.3 is 11.9 Å². The molecule has 1 rings (SSSR count). The molecule has 0 bridgehead atoms. The zero-order chi connectivity index (χ0) is 8.97. The third-order valence-corrected chi connectivity index (χ3v) is 1.94. The molecule has 0 aromatic rings. The van der Waals surface area contributed by atoms with Crippen LogP contribution in [-0.2, 0) is 14.3 Å². The first-order chi connectivity index (χ1) is 5.74. The Morgan fingerprint density at radius 1 is 1.58 bits per heavy atom. The number of hydrogen-bond donors (Lipinski definition) is 1. The molecule has 0 saturated carbocycles. The predicted octanol–water partition coefficient (Wildman–Crippen LogP) is 0.0757. The lowest BCUT2D eigenvalue weighted by Gasteiger charge is -2.02. The standard InChI is InChI=1S/C8H13NO3/c1-9-4-2-3-6-5-7(10)12-8(6)11/h6,9H,2-5H2,1H3/t6-/m1/s1. The normalized spacial score (nSPS) is 22.9. The van der Waals surface area contributed by atoms with Crippen LogP contribution in [0.1, 0.15) is 19.3 Å². The van der Waals surface area contributed by atoms with Crippen LogP contribution in [0.5, 0.6) is 0 Å². The van der Waals surface area contributed by atoms with E-state index in [4.69, 9.17) is 0 Å². The van der Waals surface area contributed by atoms with Gasteiger partial charge in [0.25, 0.3) is 0 Å². The Bertz CT molecular complexity index is 191. The number of hydrogen-bond acceptors (Lipinski definition) is 4. The van der Waals surface area contributed by atoms with E-state index in [9.17, 15) is 9.59 Å². The second kappa shape index (κ2) is 4.21. The smallest absolute Gasteiger partial charge is 0.317 e. The molecule has 1 fully saturated rings. The molecule has 1 heterocycles. The lowest BCUT2D eigenvalue weighted by molar-refractivity contribution is -0.153.